The molecular weight excluding hydrogens is 577 g/mol. The van der Waals surface area contributed by atoms with Gasteiger partial charge in [-0.1, -0.05) is 152 Å². The van der Waals surface area contributed by atoms with Gasteiger partial charge in [-0.15, -0.1) is 0 Å². The summed E-state index contributed by atoms with van der Waals surface area (Å²) in [5.74, 6) is 0. The molecule has 0 aliphatic carbocycles. The highest BCUT2D eigenvalue weighted by molar-refractivity contribution is 6.26. The molecule has 0 atom stereocenters. The molecule has 0 heteroatoms. The second-order valence-corrected chi connectivity index (χ2v) is 13.3. The van der Waals surface area contributed by atoms with Crippen molar-refractivity contribution in [3.8, 4) is 22.3 Å². The fourth-order valence-corrected chi connectivity index (χ4v) is 8.38. The first-order valence-corrected chi connectivity index (χ1v) is 16.7. The minimum atomic E-state index is 1.24. The lowest BCUT2D eigenvalue weighted by atomic mass is 9.88. The maximum Gasteiger partial charge on any atom is -0.00206 e. The van der Waals surface area contributed by atoms with Crippen LogP contribution in [0.25, 0.3) is 108 Å². The van der Waals surface area contributed by atoms with Crippen molar-refractivity contribution in [2.24, 2.45) is 0 Å². The standard InChI is InChI=1S/C48H28/c1-2-7-39-29(4-1)8-9-30-10-15-36(26-44(30)39)37-16-11-31-18-24-42-41(45(31)27-37)23-19-32-12-17-38(28-46(32)42)40-22-20-35-14-13-33-5-3-6-34-21-25-43(40)48(35)47(33)34/h1-28H. The molecule has 0 saturated carbocycles. The number of rotatable bonds is 2. The third-order valence-electron chi connectivity index (χ3n) is 10.8. The summed E-state index contributed by atoms with van der Waals surface area (Å²) in [6.07, 6.45) is 0. The Morgan fingerprint density at radius 1 is 0.208 bits per heavy atom. The number of benzene rings is 11. The van der Waals surface area contributed by atoms with Gasteiger partial charge in [0.25, 0.3) is 0 Å². The zero-order chi connectivity index (χ0) is 31.3. The minimum absolute atomic E-state index is 1.24. The van der Waals surface area contributed by atoms with E-state index < -0.39 is 0 Å². The fourth-order valence-electron chi connectivity index (χ4n) is 8.38. The summed E-state index contributed by atoms with van der Waals surface area (Å²) in [7, 11) is 0. The lowest BCUT2D eigenvalue weighted by Gasteiger charge is -2.15. The van der Waals surface area contributed by atoms with E-state index in [1.807, 2.05) is 0 Å². The quantitative estimate of drug-likeness (QED) is 0.172. The zero-order valence-corrected chi connectivity index (χ0v) is 26.2. The molecule has 11 aromatic carbocycles. The largest absolute Gasteiger partial charge is 0.0616 e. The summed E-state index contributed by atoms with van der Waals surface area (Å²) in [6, 6.07) is 63.5. The van der Waals surface area contributed by atoms with Crippen molar-refractivity contribution in [3.05, 3.63) is 170 Å². The Kier molecular flexibility index (Phi) is 5.20. The second-order valence-electron chi connectivity index (χ2n) is 13.3. The minimum Gasteiger partial charge on any atom is -0.0616 e. The Bertz CT molecular complexity index is 3090. The summed E-state index contributed by atoms with van der Waals surface area (Å²) >= 11 is 0. The predicted octanol–water partition coefficient (Wildman–Crippen LogP) is 13.7. The molecule has 0 bridgehead atoms. The smallest absolute Gasteiger partial charge is 0.00206 e. The van der Waals surface area contributed by atoms with Crippen LogP contribution in [0.2, 0.25) is 0 Å². The Morgan fingerprint density at radius 2 is 0.625 bits per heavy atom. The maximum absolute atomic E-state index is 2.41. The van der Waals surface area contributed by atoms with Gasteiger partial charge in [-0.25, -0.2) is 0 Å². The molecule has 0 N–H and O–H groups in total. The summed E-state index contributed by atoms with van der Waals surface area (Å²) in [5, 5.41) is 20.8. The van der Waals surface area contributed by atoms with Gasteiger partial charge in [0.1, 0.15) is 0 Å². The molecule has 11 aromatic rings. The monoisotopic (exact) mass is 604 g/mol. The van der Waals surface area contributed by atoms with Crippen molar-refractivity contribution in [1.29, 1.82) is 0 Å². The molecule has 0 aromatic heterocycles. The van der Waals surface area contributed by atoms with E-state index in [0.717, 1.165) is 0 Å². The van der Waals surface area contributed by atoms with E-state index in [4.69, 9.17) is 0 Å². The van der Waals surface area contributed by atoms with E-state index in [0.29, 0.717) is 0 Å². The summed E-state index contributed by atoms with van der Waals surface area (Å²) in [5.41, 5.74) is 5.03. The number of hydrogen-bond donors (Lipinski definition) is 0. The van der Waals surface area contributed by atoms with Gasteiger partial charge in [-0.05, 0) is 127 Å². The van der Waals surface area contributed by atoms with Crippen molar-refractivity contribution in [2.75, 3.05) is 0 Å². The van der Waals surface area contributed by atoms with Gasteiger partial charge in [-0.2, -0.15) is 0 Å². The third-order valence-corrected chi connectivity index (χ3v) is 10.8. The lowest BCUT2D eigenvalue weighted by Crippen LogP contribution is -1.88. The average molecular weight is 605 g/mol. The SMILES string of the molecule is c1ccc2c(c1)ccc1ccc(-c3ccc4ccc5c6cc(-c7ccc8ccc9cccc%10ccc7c8c9%10)ccc6ccc5c4c3)cc12. The molecule has 220 valence electrons. The lowest BCUT2D eigenvalue weighted by molar-refractivity contribution is 1.69. The summed E-state index contributed by atoms with van der Waals surface area (Å²) < 4.78 is 0. The van der Waals surface area contributed by atoms with E-state index in [-0.39, 0.29) is 0 Å². The molecule has 0 heterocycles. The molecule has 0 aliphatic heterocycles. The molecular formula is C48H28. The molecule has 0 fully saturated rings. The van der Waals surface area contributed by atoms with Crippen molar-refractivity contribution < 1.29 is 0 Å². The highest BCUT2D eigenvalue weighted by atomic mass is 14.2. The van der Waals surface area contributed by atoms with Gasteiger partial charge >= 0.3 is 0 Å². The highest BCUT2D eigenvalue weighted by Gasteiger charge is 2.14. The van der Waals surface area contributed by atoms with Crippen LogP contribution < -0.4 is 0 Å². The molecule has 0 spiro atoms. The van der Waals surface area contributed by atoms with Crippen molar-refractivity contribution in [2.45, 2.75) is 0 Å². The van der Waals surface area contributed by atoms with Crippen LogP contribution in [-0.2, 0) is 0 Å². The number of fused-ring (bicyclic) bond motifs is 8. The first kappa shape index (κ1) is 25.9. The molecule has 0 nitrogen and oxygen atoms in total. The van der Waals surface area contributed by atoms with Gasteiger partial charge in [-0.3, -0.25) is 0 Å². The van der Waals surface area contributed by atoms with Gasteiger partial charge in [0.2, 0.25) is 0 Å². The maximum atomic E-state index is 2.41. The molecule has 0 unspecified atom stereocenters. The molecule has 11 rings (SSSR count). The van der Waals surface area contributed by atoms with Crippen LogP contribution in [0.15, 0.2) is 170 Å². The normalized spacial score (nSPS) is 12.2. The molecule has 0 aliphatic rings. The first-order valence-electron chi connectivity index (χ1n) is 16.7. The second kappa shape index (κ2) is 9.64. The Morgan fingerprint density at radius 3 is 1.31 bits per heavy atom. The first-order chi connectivity index (χ1) is 23.8. The van der Waals surface area contributed by atoms with Crippen LogP contribution in [0.1, 0.15) is 0 Å². The third kappa shape index (κ3) is 3.66. The summed E-state index contributed by atoms with van der Waals surface area (Å²) in [6.45, 7) is 0. The highest BCUT2D eigenvalue weighted by Crippen LogP contribution is 2.41. The van der Waals surface area contributed by atoms with Crippen LogP contribution in [0.4, 0.5) is 0 Å². The number of hydrogen-bond acceptors (Lipinski definition) is 0. The molecule has 48 heavy (non-hydrogen) atoms. The van der Waals surface area contributed by atoms with Gasteiger partial charge in [0.15, 0.2) is 0 Å². The van der Waals surface area contributed by atoms with Crippen molar-refractivity contribution in [3.63, 3.8) is 0 Å². The Hall–Kier alpha value is -6.24. The molecule has 0 saturated heterocycles. The topological polar surface area (TPSA) is 0 Å². The Labute approximate surface area is 277 Å². The van der Waals surface area contributed by atoms with Crippen LogP contribution in [0.3, 0.4) is 0 Å². The zero-order valence-electron chi connectivity index (χ0n) is 26.2. The van der Waals surface area contributed by atoms with Gasteiger partial charge in [0.05, 0.1) is 0 Å². The Balaban J connectivity index is 1.11. The van der Waals surface area contributed by atoms with Crippen molar-refractivity contribution >= 4 is 86.2 Å². The van der Waals surface area contributed by atoms with Crippen LogP contribution in [0.5, 0.6) is 0 Å². The molecule has 0 amide bonds. The van der Waals surface area contributed by atoms with E-state index in [9.17, 15) is 0 Å². The fraction of sp³-hybridized carbons (Fsp3) is 0. The van der Waals surface area contributed by atoms with Gasteiger partial charge < -0.3 is 0 Å². The van der Waals surface area contributed by atoms with Gasteiger partial charge in [0, 0.05) is 0 Å². The van der Waals surface area contributed by atoms with E-state index in [1.165, 1.54) is 108 Å². The van der Waals surface area contributed by atoms with Crippen LogP contribution in [-0.4, -0.2) is 0 Å². The van der Waals surface area contributed by atoms with Crippen LogP contribution in [0, 0.1) is 0 Å². The van der Waals surface area contributed by atoms with E-state index >= 15 is 0 Å². The van der Waals surface area contributed by atoms with E-state index in [1.54, 1.807) is 0 Å². The van der Waals surface area contributed by atoms with E-state index in [2.05, 4.69) is 170 Å². The van der Waals surface area contributed by atoms with Crippen LogP contribution >= 0.6 is 0 Å². The predicted molar refractivity (Wildman–Crippen MR) is 209 cm³/mol. The van der Waals surface area contributed by atoms with Crippen molar-refractivity contribution in [1.82, 2.24) is 0 Å². The molecule has 0 radical (unpaired) electrons. The average Bonchev–Trinajstić information content (AvgIpc) is 3.16. The summed E-state index contributed by atoms with van der Waals surface area (Å²) in [4.78, 5) is 0.